The van der Waals surface area contributed by atoms with Crippen molar-refractivity contribution in [3.05, 3.63) is 77.8 Å². The number of rotatable bonds is 7. The van der Waals surface area contributed by atoms with E-state index in [1.807, 2.05) is 12.1 Å². The fraction of sp³-hybridized carbons (Fsp3) is 0.292. The predicted molar refractivity (Wildman–Crippen MR) is 112 cm³/mol. The van der Waals surface area contributed by atoms with E-state index in [2.05, 4.69) is 22.3 Å². The third-order valence-corrected chi connectivity index (χ3v) is 5.31. The average Bonchev–Trinajstić information content (AvgIpc) is 3.43. The number of para-hydroxylation sites is 1. The molecule has 0 aliphatic carbocycles. The van der Waals surface area contributed by atoms with Crippen LogP contribution in [0, 0.1) is 5.82 Å². The van der Waals surface area contributed by atoms with Gasteiger partial charge in [0.05, 0.1) is 5.56 Å². The lowest BCUT2D eigenvalue weighted by Gasteiger charge is -2.21. The number of hydrogen-bond donors (Lipinski definition) is 1. The molecule has 1 saturated heterocycles. The molecule has 29 heavy (non-hydrogen) atoms. The van der Waals surface area contributed by atoms with Gasteiger partial charge >= 0.3 is 0 Å². The minimum absolute atomic E-state index is 0.0231. The van der Waals surface area contributed by atoms with Crippen LogP contribution in [0.5, 0.6) is 0 Å². The van der Waals surface area contributed by atoms with Crippen LogP contribution in [0.2, 0.25) is 0 Å². The van der Waals surface area contributed by atoms with Crippen molar-refractivity contribution in [3.63, 3.8) is 0 Å². The maximum Gasteiger partial charge on any atom is 0.220 e. The Kier molecular flexibility index (Phi) is 5.94. The summed E-state index contributed by atoms with van der Waals surface area (Å²) in [6.07, 6.45) is 3.25. The molecule has 0 unspecified atom stereocenters. The zero-order valence-corrected chi connectivity index (χ0v) is 16.4. The quantitative estimate of drug-likeness (QED) is 0.620. The first-order valence-corrected chi connectivity index (χ1v) is 10.1. The fourth-order valence-electron chi connectivity index (χ4n) is 3.76. The normalized spacial score (nSPS) is 13.6. The predicted octanol–water partition coefficient (Wildman–Crippen LogP) is 4.93. The van der Waals surface area contributed by atoms with Gasteiger partial charge in [0.25, 0.3) is 0 Å². The molecule has 3 aromatic rings. The van der Waals surface area contributed by atoms with Crippen LogP contribution in [0.4, 0.5) is 10.1 Å². The third-order valence-electron chi connectivity index (χ3n) is 5.31. The van der Waals surface area contributed by atoms with Gasteiger partial charge in [0.2, 0.25) is 5.91 Å². The molecule has 2 aromatic carbocycles. The van der Waals surface area contributed by atoms with Crippen molar-refractivity contribution < 1.29 is 13.6 Å². The van der Waals surface area contributed by atoms with Crippen LogP contribution >= 0.6 is 0 Å². The van der Waals surface area contributed by atoms with E-state index in [1.165, 1.54) is 24.6 Å². The monoisotopic (exact) mass is 392 g/mol. The number of halogens is 1. The molecule has 4 rings (SSSR count). The molecule has 1 aliphatic heterocycles. The van der Waals surface area contributed by atoms with E-state index in [4.69, 9.17) is 4.42 Å². The number of hydrogen-bond acceptors (Lipinski definition) is 3. The van der Waals surface area contributed by atoms with Gasteiger partial charge in [-0.2, -0.15) is 0 Å². The first-order valence-electron chi connectivity index (χ1n) is 10.1. The topological polar surface area (TPSA) is 45.5 Å². The maximum absolute atomic E-state index is 13.9. The minimum Gasteiger partial charge on any atom is -0.461 e. The Balaban J connectivity index is 1.31. The molecule has 1 fully saturated rings. The average molecular weight is 392 g/mol. The Hall–Kier alpha value is -3.08. The third kappa shape index (κ3) is 4.67. The molecule has 0 spiro atoms. The van der Waals surface area contributed by atoms with Crippen LogP contribution in [-0.2, 0) is 17.8 Å². The fourth-order valence-corrected chi connectivity index (χ4v) is 3.76. The molecular weight excluding hydrogens is 367 g/mol. The van der Waals surface area contributed by atoms with E-state index >= 15 is 0 Å². The van der Waals surface area contributed by atoms with Crippen molar-refractivity contribution in [2.45, 2.75) is 32.2 Å². The molecule has 1 aromatic heterocycles. The molecule has 0 radical (unpaired) electrons. The number of carbonyl (C=O) groups is 1. The summed E-state index contributed by atoms with van der Waals surface area (Å²) in [6, 6.07) is 18.3. The van der Waals surface area contributed by atoms with Crippen molar-refractivity contribution in [1.29, 1.82) is 0 Å². The lowest BCUT2D eigenvalue weighted by Crippen LogP contribution is -2.25. The van der Waals surface area contributed by atoms with Crippen LogP contribution in [0.25, 0.3) is 11.3 Å². The number of carbonyl (C=O) groups excluding carboxylic acids is 1. The number of benzene rings is 2. The molecule has 150 valence electrons. The summed E-state index contributed by atoms with van der Waals surface area (Å²) in [5, 5.41) is 3.01. The van der Waals surface area contributed by atoms with Crippen molar-refractivity contribution in [2.24, 2.45) is 0 Å². The van der Waals surface area contributed by atoms with E-state index in [0.29, 0.717) is 36.5 Å². The van der Waals surface area contributed by atoms with Crippen molar-refractivity contribution in [2.75, 3.05) is 18.0 Å². The highest BCUT2D eigenvalue weighted by Gasteiger charge is 2.16. The second kappa shape index (κ2) is 8.95. The number of nitrogens with zero attached hydrogens (tertiary/aromatic N) is 1. The summed E-state index contributed by atoms with van der Waals surface area (Å²) in [6.45, 7) is 2.67. The van der Waals surface area contributed by atoms with E-state index < -0.39 is 0 Å². The van der Waals surface area contributed by atoms with Gasteiger partial charge in [-0.3, -0.25) is 4.79 Å². The van der Waals surface area contributed by atoms with Gasteiger partial charge in [0.1, 0.15) is 17.3 Å². The van der Waals surface area contributed by atoms with E-state index in [-0.39, 0.29) is 11.7 Å². The van der Waals surface area contributed by atoms with E-state index in [9.17, 15) is 9.18 Å². The Labute approximate surface area is 170 Å². The van der Waals surface area contributed by atoms with Gasteiger partial charge in [-0.15, -0.1) is 0 Å². The van der Waals surface area contributed by atoms with Crippen molar-refractivity contribution in [1.82, 2.24) is 5.32 Å². The molecule has 2 heterocycles. The highest BCUT2D eigenvalue weighted by molar-refractivity contribution is 5.76. The molecule has 1 amide bonds. The van der Waals surface area contributed by atoms with Crippen molar-refractivity contribution >= 4 is 11.6 Å². The first kappa shape index (κ1) is 19.2. The Bertz CT molecular complexity index is 976. The van der Waals surface area contributed by atoms with Gasteiger partial charge in [0, 0.05) is 38.2 Å². The van der Waals surface area contributed by atoms with Crippen LogP contribution in [-0.4, -0.2) is 19.0 Å². The summed E-state index contributed by atoms with van der Waals surface area (Å²) >= 11 is 0. The highest BCUT2D eigenvalue weighted by Crippen LogP contribution is 2.26. The smallest absolute Gasteiger partial charge is 0.220 e. The zero-order valence-electron chi connectivity index (χ0n) is 16.4. The van der Waals surface area contributed by atoms with Crippen molar-refractivity contribution in [3.8, 4) is 11.3 Å². The number of furan rings is 1. The lowest BCUT2D eigenvalue weighted by atomic mass is 10.1. The van der Waals surface area contributed by atoms with Gasteiger partial charge in [-0.05, 0) is 48.7 Å². The number of anilines is 1. The molecule has 4 nitrogen and oxygen atoms in total. The molecule has 0 bridgehead atoms. The Morgan fingerprint density at radius 3 is 2.59 bits per heavy atom. The number of nitrogens with one attached hydrogen (secondary N) is 1. The molecule has 1 N–H and O–H groups in total. The van der Waals surface area contributed by atoms with Crippen LogP contribution in [0.15, 0.2) is 65.1 Å². The maximum atomic E-state index is 13.9. The molecule has 5 heteroatoms. The second-order valence-electron chi connectivity index (χ2n) is 7.35. The SMILES string of the molecule is O=C(CCc1ccc(-c2ccccc2F)o1)NCc1ccccc1N1CCCC1. The van der Waals surface area contributed by atoms with Crippen LogP contribution in [0.1, 0.15) is 30.6 Å². The van der Waals surface area contributed by atoms with Gasteiger partial charge < -0.3 is 14.6 Å². The molecular formula is C24H25FN2O2. The zero-order chi connectivity index (χ0) is 20.1. The first-order chi connectivity index (χ1) is 14.2. The Morgan fingerprint density at radius 1 is 1.00 bits per heavy atom. The second-order valence-corrected chi connectivity index (χ2v) is 7.35. The largest absolute Gasteiger partial charge is 0.461 e. The molecule has 0 atom stereocenters. The van der Waals surface area contributed by atoms with E-state index in [0.717, 1.165) is 18.7 Å². The number of aryl methyl sites for hydroxylation is 1. The standard InChI is InChI=1S/C24H25FN2O2/c25-21-9-3-2-8-20(21)23-13-11-19(29-23)12-14-24(28)26-17-18-7-1-4-10-22(18)27-15-5-6-16-27/h1-4,7-11,13H,5-6,12,14-17H2,(H,26,28). The Morgan fingerprint density at radius 2 is 1.76 bits per heavy atom. The minimum atomic E-state index is -0.317. The summed E-state index contributed by atoms with van der Waals surface area (Å²) in [5.74, 6) is 0.821. The number of amides is 1. The highest BCUT2D eigenvalue weighted by atomic mass is 19.1. The van der Waals surface area contributed by atoms with Gasteiger partial charge in [-0.25, -0.2) is 4.39 Å². The summed E-state index contributed by atoms with van der Waals surface area (Å²) in [7, 11) is 0. The van der Waals surface area contributed by atoms with Crippen LogP contribution in [0.3, 0.4) is 0 Å². The molecule has 1 aliphatic rings. The summed E-state index contributed by atoms with van der Waals surface area (Å²) < 4.78 is 19.6. The van der Waals surface area contributed by atoms with Crippen LogP contribution < -0.4 is 10.2 Å². The van der Waals surface area contributed by atoms with Gasteiger partial charge in [-0.1, -0.05) is 30.3 Å². The molecule has 0 saturated carbocycles. The lowest BCUT2D eigenvalue weighted by molar-refractivity contribution is -0.121. The summed E-state index contributed by atoms with van der Waals surface area (Å²) in [4.78, 5) is 14.7. The van der Waals surface area contributed by atoms with E-state index in [1.54, 1.807) is 30.3 Å². The summed E-state index contributed by atoms with van der Waals surface area (Å²) in [5.41, 5.74) is 2.79. The van der Waals surface area contributed by atoms with Gasteiger partial charge in [0.15, 0.2) is 0 Å².